The van der Waals surface area contributed by atoms with Crippen LogP contribution in [-0.4, -0.2) is 5.97 Å². The third kappa shape index (κ3) is 3.04. The Morgan fingerprint density at radius 2 is 2.07 bits per heavy atom. The molecule has 0 aliphatic heterocycles. The summed E-state index contributed by atoms with van der Waals surface area (Å²) in [4.78, 5) is 10.7. The molecule has 0 aliphatic carbocycles. The third-order valence-corrected chi connectivity index (χ3v) is 2.33. The lowest BCUT2D eigenvalue weighted by Crippen LogP contribution is -2.06. The van der Waals surface area contributed by atoms with E-state index in [2.05, 4.69) is 28.5 Å². The van der Waals surface area contributed by atoms with E-state index < -0.39 is 6.10 Å². The molecule has 0 aromatic heterocycles. The second kappa shape index (κ2) is 5.01. The molecular weight excluding hydrogens is 291 g/mol. The van der Waals surface area contributed by atoms with E-state index in [4.69, 9.17) is 11.2 Å². The number of carbonyl (C=O) groups excluding carboxylic acids is 1. The Morgan fingerprint density at radius 3 is 2.50 bits per heavy atom. The largest absolute Gasteiger partial charge is 0.444 e. The van der Waals surface area contributed by atoms with E-state index in [0.717, 1.165) is 9.13 Å². The Labute approximate surface area is 96.8 Å². The summed E-state index contributed by atoms with van der Waals surface area (Å²) in [6.07, 6.45) is 4.68. The average Bonchev–Trinajstić information content (AvgIpc) is 2.15. The van der Waals surface area contributed by atoms with Gasteiger partial charge in [0.15, 0.2) is 6.10 Å². The van der Waals surface area contributed by atoms with Crippen molar-refractivity contribution < 1.29 is 9.53 Å². The van der Waals surface area contributed by atoms with Gasteiger partial charge >= 0.3 is 5.97 Å². The molecule has 72 valence electrons. The fourth-order valence-corrected chi connectivity index (χ4v) is 1.36. The van der Waals surface area contributed by atoms with Gasteiger partial charge in [-0.3, -0.25) is 4.79 Å². The molecule has 0 bridgehead atoms. The van der Waals surface area contributed by atoms with Crippen LogP contribution in [0.15, 0.2) is 24.3 Å². The number of terminal acetylenes is 1. The van der Waals surface area contributed by atoms with Crippen LogP contribution in [0.1, 0.15) is 18.6 Å². The number of hydrogen-bond acceptors (Lipinski definition) is 2. The number of carbonyl (C=O) groups is 1. The molecule has 2 nitrogen and oxygen atoms in total. The first kappa shape index (κ1) is 11.1. The van der Waals surface area contributed by atoms with Gasteiger partial charge in [-0.2, -0.15) is 0 Å². The zero-order valence-corrected chi connectivity index (χ0v) is 9.82. The van der Waals surface area contributed by atoms with E-state index in [9.17, 15) is 4.79 Å². The number of ether oxygens (including phenoxy) is 1. The maximum atomic E-state index is 10.7. The van der Waals surface area contributed by atoms with Crippen molar-refractivity contribution in [2.45, 2.75) is 13.0 Å². The van der Waals surface area contributed by atoms with Crippen LogP contribution in [0.25, 0.3) is 0 Å². The van der Waals surface area contributed by atoms with Crippen LogP contribution in [0.2, 0.25) is 0 Å². The van der Waals surface area contributed by atoms with Crippen molar-refractivity contribution in [3.63, 3.8) is 0 Å². The normalized spacial score (nSPS) is 11.5. The van der Waals surface area contributed by atoms with E-state index in [1.807, 2.05) is 24.3 Å². The molecule has 0 aliphatic rings. The molecule has 0 spiro atoms. The smallest absolute Gasteiger partial charge is 0.304 e. The molecule has 0 N–H and O–H groups in total. The fourth-order valence-electron chi connectivity index (χ4n) is 1.00. The molecule has 0 fully saturated rings. The summed E-state index contributed by atoms with van der Waals surface area (Å²) in [6, 6.07) is 7.55. The highest BCUT2D eigenvalue weighted by Gasteiger charge is 2.10. The summed E-state index contributed by atoms with van der Waals surface area (Å²) in [6.45, 7) is 1.34. The Balaban J connectivity index is 2.85. The highest BCUT2D eigenvalue weighted by Crippen LogP contribution is 2.17. The van der Waals surface area contributed by atoms with Crippen molar-refractivity contribution in [3.8, 4) is 12.3 Å². The Morgan fingerprint density at radius 1 is 1.50 bits per heavy atom. The minimum Gasteiger partial charge on any atom is -0.444 e. The standard InChI is InChI=1S/C11H9IO2/c1-3-11(14-8(2)13)9-4-6-10(12)7-5-9/h1,4-7,11H,2H3/t11-/m1/s1. The lowest BCUT2D eigenvalue weighted by atomic mass is 10.1. The van der Waals surface area contributed by atoms with Crippen LogP contribution < -0.4 is 0 Å². The van der Waals surface area contributed by atoms with Crippen molar-refractivity contribution in [1.29, 1.82) is 0 Å². The minimum atomic E-state index is -0.579. The fraction of sp³-hybridized carbons (Fsp3) is 0.182. The molecule has 0 unspecified atom stereocenters. The second-order valence-electron chi connectivity index (χ2n) is 2.71. The molecule has 1 aromatic carbocycles. The zero-order chi connectivity index (χ0) is 10.6. The monoisotopic (exact) mass is 300 g/mol. The maximum absolute atomic E-state index is 10.7. The lowest BCUT2D eigenvalue weighted by molar-refractivity contribution is -0.144. The molecule has 0 saturated heterocycles. The second-order valence-corrected chi connectivity index (χ2v) is 3.95. The van der Waals surface area contributed by atoms with Crippen LogP contribution in [0, 0.1) is 15.9 Å². The van der Waals surface area contributed by atoms with Crippen LogP contribution in [-0.2, 0) is 9.53 Å². The molecular formula is C11H9IO2. The van der Waals surface area contributed by atoms with Crippen molar-refractivity contribution in [3.05, 3.63) is 33.4 Å². The highest BCUT2D eigenvalue weighted by molar-refractivity contribution is 14.1. The van der Waals surface area contributed by atoms with Gasteiger partial charge in [-0.05, 0) is 34.7 Å². The van der Waals surface area contributed by atoms with Crippen LogP contribution >= 0.6 is 22.6 Å². The molecule has 1 rings (SSSR count). The van der Waals surface area contributed by atoms with Gasteiger partial charge in [0, 0.05) is 16.1 Å². The molecule has 3 heteroatoms. The Bertz CT molecular complexity index is 362. The third-order valence-electron chi connectivity index (χ3n) is 1.61. The quantitative estimate of drug-likeness (QED) is 0.476. The minimum absolute atomic E-state index is 0.369. The maximum Gasteiger partial charge on any atom is 0.304 e. The van der Waals surface area contributed by atoms with Crippen LogP contribution in [0.3, 0.4) is 0 Å². The van der Waals surface area contributed by atoms with E-state index in [1.54, 1.807) is 0 Å². The summed E-state index contributed by atoms with van der Waals surface area (Å²) in [5.41, 5.74) is 0.822. The first-order valence-electron chi connectivity index (χ1n) is 4.02. The number of esters is 1. The van der Waals surface area contributed by atoms with Gasteiger partial charge in [-0.15, -0.1) is 6.42 Å². The van der Waals surface area contributed by atoms with Gasteiger partial charge in [-0.25, -0.2) is 0 Å². The van der Waals surface area contributed by atoms with Crippen LogP contribution in [0.5, 0.6) is 0 Å². The van der Waals surface area contributed by atoms with Gasteiger partial charge in [0.25, 0.3) is 0 Å². The molecule has 1 atom stereocenters. The average molecular weight is 300 g/mol. The molecule has 0 saturated carbocycles. The predicted molar refractivity (Wildman–Crippen MR) is 62.5 cm³/mol. The van der Waals surface area contributed by atoms with Gasteiger partial charge in [0.2, 0.25) is 0 Å². The van der Waals surface area contributed by atoms with E-state index in [-0.39, 0.29) is 5.97 Å². The van der Waals surface area contributed by atoms with Crippen molar-refractivity contribution in [1.82, 2.24) is 0 Å². The van der Waals surface area contributed by atoms with Gasteiger partial charge < -0.3 is 4.74 Å². The van der Waals surface area contributed by atoms with Crippen molar-refractivity contribution in [2.24, 2.45) is 0 Å². The summed E-state index contributed by atoms with van der Waals surface area (Å²) in [5, 5.41) is 0. The number of halogens is 1. The number of rotatable bonds is 2. The topological polar surface area (TPSA) is 26.3 Å². The van der Waals surface area contributed by atoms with E-state index in [0.29, 0.717) is 0 Å². The SMILES string of the molecule is C#C[C@@H](OC(C)=O)c1ccc(I)cc1. The Kier molecular flexibility index (Phi) is 3.96. The predicted octanol–water partition coefficient (Wildman–Crippen LogP) is 2.53. The van der Waals surface area contributed by atoms with Crippen LogP contribution in [0.4, 0.5) is 0 Å². The highest BCUT2D eigenvalue weighted by atomic mass is 127. The number of hydrogen-bond donors (Lipinski definition) is 0. The molecule has 14 heavy (non-hydrogen) atoms. The molecule has 1 aromatic rings. The summed E-state index contributed by atoms with van der Waals surface area (Å²) < 4.78 is 6.06. The van der Waals surface area contributed by atoms with Gasteiger partial charge in [-0.1, -0.05) is 18.1 Å². The molecule has 0 heterocycles. The first-order valence-corrected chi connectivity index (χ1v) is 5.10. The Hall–Kier alpha value is -1.02. The summed E-state index contributed by atoms with van der Waals surface area (Å²) in [5.74, 6) is 2.05. The molecule has 0 radical (unpaired) electrons. The van der Waals surface area contributed by atoms with Gasteiger partial charge in [0.05, 0.1) is 0 Å². The number of benzene rings is 1. The molecule has 0 amide bonds. The first-order chi connectivity index (χ1) is 6.63. The van der Waals surface area contributed by atoms with Gasteiger partial charge in [0.1, 0.15) is 0 Å². The summed E-state index contributed by atoms with van der Waals surface area (Å²) in [7, 11) is 0. The van der Waals surface area contributed by atoms with Crippen molar-refractivity contribution in [2.75, 3.05) is 0 Å². The van der Waals surface area contributed by atoms with E-state index in [1.165, 1.54) is 6.92 Å². The zero-order valence-electron chi connectivity index (χ0n) is 7.66. The van der Waals surface area contributed by atoms with Crippen molar-refractivity contribution >= 4 is 28.6 Å². The lowest BCUT2D eigenvalue weighted by Gasteiger charge is -2.10. The summed E-state index contributed by atoms with van der Waals surface area (Å²) >= 11 is 2.20. The van der Waals surface area contributed by atoms with E-state index >= 15 is 0 Å².